The number of non-ortho nitro benzene ring substituents is 1. The van der Waals surface area contributed by atoms with E-state index in [0.717, 1.165) is 4.90 Å². The van der Waals surface area contributed by atoms with Crippen molar-refractivity contribution in [1.29, 1.82) is 0 Å². The lowest BCUT2D eigenvalue weighted by atomic mass is 9.93. The molecule has 4 rings (SSSR count). The van der Waals surface area contributed by atoms with Crippen LogP contribution in [0.25, 0.3) is 0 Å². The van der Waals surface area contributed by atoms with Gasteiger partial charge in [-0.05, 0) is 30.7 Å². The molecule has 0 spiro atoms. The molecule has 2 unspecified atom stereocenters. The van der Waals surface area contributed by atoms with E-state index in [-0.39, 0.29) is 17.1 Å². The minimum atomic E-state index is -1.10. The summed E-state index contributed by atoms with van der Waals surface area (Å²) in [5.41, 5.74) is 1.35. The van der Waals surface area contributed by atoms with E-state index < -0.39 is 28.8 Å². The summed E-state index contributed by atoms with van der Waals surface area (Å²) < 4.78 is 10.6. The highest BCUT2D eigenvalue weighted by atomic mass is 16.7. The van der Waals surface area contributed by atoms with Crippen LogP contribution in [0.15, 0.2) is 41.6 Å². The Balaban J connectivity index is 1.71. The Hall–Kier alpha value is -3.95. The lowest BCUT2D eigenvalue weighted by Crippen LogP contribution is -2.33. The number of methoxy groups -OCH3 is 2. The number of anilines is 1. The molecule has 2 aromatic carbocycles. The van der Waals surface area contributed by atoms with Gasteiger partial charge in [0.2, 0.25) is 12.0 Å². The Labute approximate surface area is 170 Å². The van der Waals surface area contributed by atoms with Crippen molar-refractivity contribution in [2.75, 3.05) is 19.1 Å². The topological polar surface area (TPSA) is 121 Å². The fourth-order valence-corrected chi connectivity index (χ4v) is 3.65. The zero-order valence-electron chi connectivity index (χ0n) is 16.3. The third-order valence-corrected chi connectivity index (χ3v) is 5.13. The van der Waals surface area contributed by atoms with Gasteiger partial charge in [0.15, 0.2) is 0 Å². The van der Waals surface area contributed by atoms with Crippen LogP contribution in [0, 0.1) is 23.0 Å². The molecule has 2 aromatic rings. The number of fused-ring (bicyclic) bond motifs is 1. The molecule has 2 amide bonds. The summed E-state index contributed by atoms with van der Waals surface area (Å²) >= 11 is 0. The van der Waals surface area contributed by atoms with Crippen molar-refractivity contribution in [3.8, 4) is 11.5 Å². The molecular formula is C20H17N3O7. The molecule has 1 saturated heterocycles. The van der Waals surface area contributed by atoms with E-state index in [2.05, 4.69) is 5.16 Å². The Bertz CT molecular complexity index is 1110. The highest BCUT2D eigenvalue weighted by Crippen LogP contribution is 2.39. The molecule has 0 aromatic heterocycles. The van der Waals surface area contributed by atoms with Crippen LogP contribution in [0.4, 0.5) is 11.4 Å². The van der Waals surface area contributed by atoms with E-state index in [9.17, 15) is 19.7 Å². The van der Waals surface area contributed by atoms with E-state index >= 15 is 0 Å². The number of nitro groups is 1. The first-order valence-corrected chi connectivity index (χ1v) is 8.96. The normalized spacial score (nSPS) is 20.0. The fraction of sp³-hybridized carbons (Fsp3) is 0.250. The van der Waals surface area contributed by atoms with Gasteiger partial charge >= 0.3 is 0 Å². The highest BCUT2D eigenvalue weighted by molar-refractivity contribution is 6.33. The largest absolute Gasteiger partial charge is 0.497 e. The summed E-state index contributed by atoms with van der Waals surface area (Å²) in [6, 6.07) is 8.96. The minimum Gasteiger partial charge on any atom is -0.497 e. The van der Waals surface area contributed by atoms with E-state index in [1.165, 1.54) is 32.4 Å². The number of amides is 2. The summed E-state index contributed by atoms with van der Waals surface area (Å²) in [6.45, 7) is 1.60. The number of carbonyl (C=O) groups excluding carboxylic acids is 2. The second kappa shape index (κ2) is 7.14. The lowest BCUT2D eigenvalue weighted by Gasteiger charge is -2.18. The Morgan fingerprint density at radius 3 is 2.50 bits per heavy atom. The van der Waals surface area contributed by atoms with Crippen molar-refractivity contribution in [2.24, 2.45) is 11.1 Å². The van der Waals surface area contributed by atoms with E-state index in [4.69, 9.17) is 14.3 Å². The maximum Gasteiger partial charge on any atom is 0.278 e. The van der Waals surface area contributed by atoms with Gasteiger partial charge in [0, 0.05) is 23.8 Å². The van der Waals surface area contributed by atoms with Gasteiger partial charge in [-0.15, -0.1) is 0 Å². The number of carbonyl (C=O) groups is 2. The highest BCUT2D eigenvalue weighted by Gasteiger charge is 2.56. The first-order chi connectivity index (χ1) is 14.4. The fourth-order valence-electron chi connectivity index (χ4n) is 3.65. The molecule has 1 fully saturated rings. The van der Waals surface area contributed by atoms with Gasteiger partial charge in [0.25, 0.3) is 11.6 Å². The van der Waals surface area contributed by atoms with Crippen LogP contribution in [0.2, 0.25) is 0 Å². The van der Waals surface area contributed by atoms with E-state index in [1.54, 1.807) is 25.1 Å². The first kappa shape index (κ1) is 19.4. The number of hydrogen-bond acceptors (Lipinski definition) is 8. The average Bonchev–Trinajstić information content (AvgIpc) is 3.28. The summed E-state index contributed by atoms with van der Waals surface area (Å²) in [7, 11) is 2.99. The second-order valence-corrected chi connectivity index (χ2v) is 6.79. The van der Waals surface area contributed by atoms with Crippen molar-refractivity contribution < 1.29 is 28.8 Å². The van der Waals surface area contributed by atoms with Gasteiger partial charge in [-0.3, -0.25) is 19.7 Å². The standard InChI is InChI=1S/C20H17N3O7/c1-10-8-11(23(26)27)4-7-14(10)22-19(24)16-17(21-30-18(16)20(22)25)13-6-5-12(28-2)9-15(13)29-3/h4-9,16,18H,1-3H3. The molecule has 2 heterocycles. The Kier molecular flexibility index (Phi) is 4.61. The molecule has 0 aliphatic carbocycles. The number of imide groups is 1. The van der Waals surface area contributed by atoms with Crippen LogP contribution in [-0.2, 0) is 14.4 Å². The summed E-state index contributed by atoms with van der Waals surface area (Å²) in [6.07, 6.45) is -1.10. The first-order valence-electron chi connectivity index (χ1n) is 8.96. The van der Waals surface area contributed by atoms with Crippen molar-refractivity contribution >= 4 is 28.9 Å². The van der Waals surface area contributed by atoms with Crippen LogP contribution >= 0.6 is 0 Å². The zero-order chi connectivity index (χ0) is 21.6. The minimum absolute atomic E-state index is 0.128. The average molecular weight is 411 g/mol. The van der Waals surface area contributed by atoms with Gasteiger partial charge in [0.1, 0.15) is 23.1 Å². The molecule has 2 atom stereocenters. The number of ether oxygens (including phenoxy) is 2. The SMILES string of the molecule is COc1ccc(C2=NOC3C(=O)N(c4ccc([N+](=O)[O-])cc4C)C(=O)C23)c(OC)c1. The molecule has 0 saturated carbocycles. The molecule has 10 heteroatoms. The molecule has 0 radical (unpaired) electrons. The lowest BCUT2D eigenvalue weighted by molar-refractivity contribution is -0.384. The number of rotatable bonds is 5. The maximum absolute atomic E-state index is 13.2. The van der Waals surface area contributed by atoms with Gasteiger partial charge in [-0.1, -0.05) is 5.16 Å². The third kappa shape index (κ3) is 2.84. The summed E-state index contributed by atoms with van der Waals surface area (Å²) in [5.74, 6) is -1.06. The van der Waals surface area contributed by atoms with Crippen LogP contribution < -0.4 is 14.4 Å². The predicted molar refractivity (Wildman–Crippen MR) is 105 cm³/mol. The molecule has 2 aliphatic rings. The second-order valence-electron chi connectivity index (χ2n) is 6.79. The smallest absolute Gasteiger partial charge is 0.278 e. The van der Waals surface area contributed by atoms with Crippen LogP contribution in [-0.4, -0.2) is 42.8 Å². The van der Waals surface area contributed by atoms with Gasteiger partial charge in [0.05, 0.1) is 24.8 Å². The number of benzene rings is 2. The molecule has 2 aliphatic heterocycles. The van der Waals surface area contributed by atoms with Gasteiger partial charge < -0.3 is 14.3 Å². The Morgan fingerprint density at radius 1 is 1.10 bits per heavy atom. The van der Waals surface area contributed by atoms with E-state index in [0.29, 0.717) is 22.6 Å². The summed E-state index contributed by atoms with van der Waals surface area (Å²) in [5, 5.41) is 15.0. The quantitative estimate of drug-likeness (QED) is 0.420. The predicted octanol–water partition coefficient (Wildman–Crippen LogP) is 2.21. The number of hydrogen-bond donors (Lipinski definition) is 0. The van der Waals surface area contributed by atoms with E-state index in [1.807, 2.05) is 0 Å². The summed E-state index contributed by atoms with van der Waals surface area (Å²) in [4.78, 5) is 42.9. The maximum atomic E-state index is 13.2. The number of oxime groups is 1. The monoisotopic (exact) mass is 411 g/mol. The molecule has 154 valence electrons. The number of nitro benzene ring substituents is 1. The Morgan fingerprint density at radius 2 is 1.87 bits per heavy atom. The molecule has 0 N–H and O–H groups in total. The number of aryl methyl sites for hydroxylation is 1. The van der Waals surface area contributed by atoms with Crippen LogP contribution in [0.5, 0.6) is 11.5 Å². The molecule has 0 bridgehead atoms. The van der Waals surface area contributed by atoms with Crippen LogP contribution in [0.3, 0.4) is 0 Å². The third-order valence-electron chi connectivity index (χ3n) is 5.13. The van der Waals surface area contributed by atoms with Gasteiger partial charge in [-0.2, -0.15) is 0 Å². The number of nitrogens with zero attached hydrogens (tertiary/aromatic N) is 3. The van der Waals surface area contributed by atoms with Crippen LogP contribution in [0.1, 0.15) is 11.1 Å². The van der Waals surface area contributed by atoms with Crippen molar-refractivity contribution in [3.05, 3.63) is 57.6 Å². The van der Waals surface area contributed by atoms with Crippen molar-refractivity contribution in [1.82, 2.24) is 0 Å². The molecule has 10 nitrogen and oxygen atoms in total. The molecular weight excluding hydrogens is 394 g/mol. The van der Waals surface area contributed by atoms with Crippen molar-refractivity contribution in [2.45, 2.75) is 13.0 Å². The van der Waals surface area contributed by atoms with Crippen molar-refractivity contribution in [3.63, 3.8) is 0 Å². The zero-order valence-corrected chi connectivity index (χ0v) is 16.3. The van der Waals surface area contributed by atoms with Gasteiger partial charge in [-0.25, -0.2) is 4.90 Å². The molecule has 30 heavy (non-hydrogen) atoms.